The van der Waals surface area contributed by atoms with Crippen molar-refractivity contribution in [2.45, 2.75) is 11.8 Å². The molecule has 3 rings (SSSR count). The Morgan fingerprint density at radius 1 is 1.08 bits per heavy atom. The van der Waals surface area contributed by atoms with Crippen LogP contribution < -0.4 is 5.14 Å². The molecule has 0 radical (unpaired) electrons. The molecule has 2 aromatic rings. The predicted octanol–water partition coefficient (Wildman–Crippen LogP) is 2.65. The van der Waals surface area contributed by atoms with E-state index in [1.54, 1.807) is 19.1 Å². The van der Waals surface area contributed by atoms with Crippen LogP contribution in [0.3, 0.4) is 0 Å². The number of sulfonamides is 1. The third-order valence-electron chi connectivity index (χ3n) is 3.83. The molecule has 0 bridgehead atoms. The summed E-state index contributed by atoms with van der Waals surface area (Å²) in [7, 11) is -3.83. The summed E-state index contributed by atoms with van der Waals surface area (Å²) in [6.07, 6.45) is 2.74. The number of hydrogen-bond donors (Lipinski definition) is 1. The molecule has 0 saturated carbocycles. The number of rotatable bonds is 3. The van der Waals surface area contributed by atoms with Crippen molar-refractivity contribution < 1.29 is 22.3 Å². The summed E-state index contributed by atoms with van der Waals surface area (Å²) < 4.78 is 41.7. The molecule has 0 atom stereocenters. The Morgan fingerprint density at radius 3 is 2.24 bits per heavy atom. The van der Waals surface area contributed by atoms with Crippen LogP contribution in [-0.4, -0.2) is 14.4 Å². The zero-order chi connectivity index (χ0) is 18.2. The van der Waals surface area contributed by atoms with Gasteiger partial charge in [0.25, 0.3) is 0 Å². The Balaban J connectivity index is 2.21. The number of esters is 1. The molecule has 2 aromatic carbocycles. The van der Waals surface area contributed by atoms with Gasteiger partial charge in [0, 0.05) is 5.57 Å². The summed E-state index contributed by atoms with van der Waals surface area (Å²) in [6.45, 7) is 1.64. The Labute approximate surface area is 144 Å². The SMILES string of the molecule is Cc1ccc(C(=C2C=COC2=O)c2ccc(S(N)(=O)=O)cc2)cc1F. The monoisotopic (exact) mass is 359 g/mol. The van der Waals surface area contributed by atoms with Gasteiger partial charge in [-0.2, -0.15) is 0 Å². The first-order chi connectivity index (χ1) is 11.8. The zero-order valence-corrected chi connectivity index (χ0v) is 14.0. The molecular weight excluding hydrogens is 345 g/mol. The van der Waals surface area contributed by atoms with Gasteiger partial charge in [-0.3, -0.25) is 0 Å². The van der Waals surface area contributed by atoms with Crippen molar-refractivity contribution in [1.82, 2.24) is 0 Å². The Hall–Kier alpha value is -2.77. The summed E-state index contributed by atoms with van der Waals surface area (Å²) in [6, 6.07) is 10.3. The second kappa shape index (κ2) is 6.27. The lowest BCUT2D eigenvalue weighted by Crippen LogP contribution is -2.12. The van der Waals surface area contributed by atoms with Crippen molar-refractivity contribution >= 4 is 21.6 Å². The van der Waals surface area contributed by atoms with Gasteiger partial charge in [-0.25, -0.2) is 22.7 Å². The normalized spacial score (nSPS) is 16.0. The van der Waals surface area contributed by atoms with Crippen molar-refractivity contribution in [2.24, 2.45) is 5.14 Å². The highest BCUT2D eigenvalue weighted by Gasteiger charge is 2.22. The third kappa shape index (κ3) is 3.38. The van der Waals surface area contributed by atoms with Crippen LogP contribution >= 0.6 is 0 Å². The van der Waals surface area contributed by atoms with E-state index < -0.39 is 21.8 Å². The average Bonchev–Trinajstić information content (AvgIpc) is 2.97. The third-order valence-corrected chi connectivity index (χ3v) is 4.76. The molecule has 1 heterocycles. The maximum atomic E-state index is 14.0. The van der Waals surface area contributed by atoms with Crippen LogP contribution in [0.4, 0.5) is 4.39 Å². The van der Waals surface area contributed by atoms with E-state index >= 15 is 0 Å². The lowest BCUT2D eigenvalue weighted by molar-refractivity contribution is -0.132. The van der Waals surface area contributed by atoms with Crippen LogP contribution in [0.15, 0.2) is 65.3 Å². The Morgan fingerprint density at radius 2 is 1.72 bits per heavy atom. The summed E-state index contributed by atoms with van der Waals surface area (Å²) in [4.78, 5) is 11.9. The molecule has 128 valence electrons. The molecule has 0 saturated heterocycles. The van der Waals surface area contributed by atoms with Gasteiger partial charge in [-0.1, -0.05) is 24.3 Å². The summed E-state index contributed by atoms with van der Waals surface area (Å²) in [5.41, 5.74) is 2.19. The van der Waals surface area contributed by atoms with Gasteiger partial charge < -0.3 is 4.74 Å². The molecule has 2 N–H and O–H groups in total. The van der Waals surface area contributed by atoms with Crippen LogP contribution in [0.1, 0.15) is 16.7 Å². The highest BCUT2D eigenvalue weighted by Crippen LogP contribution is 2.31. The molecule has 0 aliphatic carbocycles. The molecule has 5 nitrogen and oxygen atoms in total. The largest absolute Gasteiger partial charge is 0.431 e. The van der Waals surface area contributed by atoms with Crippen molar-refractivity contribution in [2.75, 3.05) is 0 Å². The van der Waals surface area contributed by atoms with Gasteiger partial charge >= 0.3 is 5.97 Å². The van der Waals surface area contributed by atoms with E-state index in [1.165, 1.54) is 42.7 Å². The molecule has 0 unspecified atom stereocenters. The summed E-state index contributed by atoms with van der Waals surface area (Å²) in [5.74, 6) is -0.974. The van der Waals surface area contributed by atoms with E-state index in [4.69, 9.17) is 9.88 Å². The number of primary sulfonamides is 1. The van der Waals surface area contributed by atoms with Gasteiger partial charge in [0.15, 0.2) is 0 Å². The number of carbonyl (C=O) groups excluding carboxylic acids is 1. The maximum absolute atomic E-state index is 14.0. The fraction of sp³-hybridized carbons (Fsp3) is 0.0556. The van der Waals surface area contributed by atoms with Crippen molar-refractivity contribution in [1.29, 1.82) is 0 Å². The number of cyclic esters (lactones) is 1. The number of nitrogens with two attached hydrogens (primary N) is 1. The van der Waals surface area contributed by atoms with Gasteiger partial charge in [-0.15, -0.1) is 0 Å². The smallest absolute Gasteiger partial charge is 0.343 e. The topological polar surface area (TPSA) is 86.5 Å². The Bertz CT molecular complexity index is 1020. The lowest BCUT2D eigenvalue weighted by Gasteiger charge is -2.12. The first-order valence-electron chi connectivity index (χ1n) is 7.29. The quantitative estimate of drug-likeness (QED) is 0.674. The van der Waals surface area contributed by atoms with Crippen LogP contribution in [0.25, 0.3) is 5.57 Å². The van der Waals surface area contributed by atoms with Gasteiger partial charge in [0.2, 0.25) is 10.0 Å². The van der Waals surface area contributed by atoms with Gasteiger partial charge in [0.05, 0.1) is 16.7 Å². The second-order valence-electron chi connectivity index (χ2n) is 5.53. The van der Waals surface area contributed by atoms with Crippen LogP contribution in [0.5, 0.6) is 0 Å². The average molecular weight is 359 g/mol. The van der Waals surface area contributed by atoms with Crippen molar-refractivity contribution in [3.63, 3.8) is 0 Å². The molecule has 7 heteroatoms. The molecule has 1 aliphatic rings. The fourth-order valence-electron chi connectivity index (χ4n) is 2.52. The Kier molecular flexibility index (Phi) is 4.28. The molecule has 0 aromatic heterocycles. The molecule has 1 aliphatic heterocycles. The predicted molar refractivity (Wildman–Crippen MR) is 90.2 cm³/mol. The van der Waals surface area contributed by atoms with E-state index in [0.717, 1.165) is 0 Å². The molecule has 0 amide bonds. The number of hydrogen-bond acceptors (Lipinski definition) is 4. The van der Waals surface area contributed by atoms with E-state index in [2.05, 4.69) is 0 Å². The minimum Gasteiger partial charge on any atom is -0.431 e. The first-order valence-corrected chi connectivity index (χ1v) is 8.83. The number of benzene rings is 2. The van der Waals surface area contributed by atoms with Gasteiger partial charge in [0.1, 0.15) is 5.82 Å². The van der Waals surface area contributed by atoms with Crippen LogP contribution in [0, 0.1) is 12.7 Å². The minimum absolute atomic E-state index is 0.0553. The summed E-state index contributed by atoms with van der Waals surface area (Å²) >= 11 is 0. The number of aryl methyl sites for hydroxylation is 1. The standard InChI is InChI=1S/C18H14FNO4S/c1-11-2-3-13(10-16(11)19)17(15-8-9-24-18(15)21)12-4-6-14(7-5-12)25(20,22)23/h2-10H,1H3,(H2,20,22,23). The fourth-order valence-corrected chi connectivity index (χ4v) is 3.03. The molecular formula is C18H14FNO4S. The highest BCUT2D eigenvalue weighted by molar-refractivity contribution is 7.89. The van der Waals surface area contributed by atoms with Crippen molar-refractivity contribution in [3.8, 4) is 0 Å². The number of halogens is 1. The van der Waals surface area contributed by atoms with E-state index in [9.17, 15) is 17.6 Å². The zero-order valence-electron chi connectivity index (χ0n) is 13.2. The highest BCUT2D eigenvalue weighted by atomic mass is 32.2. The second-order valence-corrected chi connectivity index (χ2v) is 7.09. The molecule has 25 heavy (non-hydrogen) atoms. The maximum Gasteiger partial charge on any atom is 0.343 e. The van der Waals surface area contributed by atoms with Crippen LogP contribution in [-0.2, 0) is 19.6 Å². The number of ether oxygens (including phenoxy) is 1. The van der Waals surface area contributed by atoms with Crippen LogP contribution in [0.2, 0.25) is 0 Å². The van der Waals surface area contributed by atoms with Crippen molar-refractivity contribution in [3.05, 3.63) is 82.9 Å². The molecule has 0 spiro atoms. The van der Waals surface area contributed by atoms with E-state index in [1.807, 2.05) is 0 Å². The lowest BCUT2D eigenvalue weighted by atomic mass is 9.92. The number of carbonyl (C=O) groups is 1. The van der Waals surface area contributed by atoms with E-state index in [-0.39, 0.29) is 10.5 Å². The minimum atomic E-state index is -3.83. The summed E-state index contributed by atoms with van der Waals surface area (Å²) in [5, 5.41) is 5.10. The molecule has 0 fully saturated rings. The van der Waals surface area contributed by atoms with E-state index in [0.29, 0.717) is 22.3 Å². The first kappa shape index (κ1) is 17.1. The van der Waals surface area contributed by atoms with Gasteiger partial charge in [-0.05, 0) is 47.9 Å².